The number of ether oxygens (including phenoxy) is 1. The SMILES string of the molecule is CC(=O)OC(C)(C=O)C1CCCCC1. The van der Waals surface area contributed by atoms with Crippen LogP contribution in [-0.2, 0) is 14.3 Å². The maximum absolute atomic E-state index is 11.0. The highest BCUT2D eigenvalue weighted by Crippen LogP contribution is 2.33. The first-order valence-electron chi connectivity index (χ1n) is 5.24. The van der Waals surface area contributed by atoms with Crippen molar-refractivity contribution >= 4 is 12.3 Å². The first-order valence-corrected chi connectivity index (χ1v) is 5.24. The van der Waals surface area contributed by atoms with Crippen LogP contribution in [0.5, 0.6) is 0 Å². The fourth-order valence-corrected chi connectivity index (χ4v) is 2.19. The molecule has 3 heteroatoms. The molecule has 0 radical (unpaired) electrons. The van der Waals surface area contributed by atoms with Gasteiger partial charge < -0.3 is 4.74 Å². The Labute approximate surface area is 84.8 Å². The summed E-state index contributed by atoms with van der Waals surface area (Å²) < 4.78 is 5.12. The molecule has 0 aromatic heterocycles. The molecule has 0 heterocycles. The van der Waals surface area contributed by atoms with Crippen molar-refractivity contribution in [1.82, 2.24) is 0 Å². The van der Waals surface area contributed by atoms with Gasteiger partial charge >= 0.3 is 5.97 Å². The fraction of sp³-hybridized carbons (Fsp3) is 0.818. The van der Waals surface area contributed by atoms with Gasteiger partial charge in [-0.3, -0.25) is 9.59 Å². The van der Waals surface area contributed by atoms with Crippen molar-refractivity contribution in [3.05, 3.63) is 0 Å². The molecule has 1 unspecified atom stereocenters. The standard InChI is InChI=1S/C11H18O3/c1-9(13)14-11(2,8-12)10-6-4-3-5-7-10/h8,10H,3-7H2,1-2H3. The van der Waals surface area contributed by atoms with E-state index in [1.165, 1.54) is 13.3 Å². The Hall–Kier alpha value is -0.860. The van der Waals surface area contributed by atoms with Crippen LogP contribution in [0.4, 0.5) is 0 Å². The van der Waals surface area contributed by atoms with Crippen molar-refractivity contribution in [2.24, 2.45) is 5.92 Å². The second-order valence-electron chi connectivity index (χ2n) is 4.23. The van der Waals surface area contributed by atoms with Crippen molar-refractivity contribution in [3.8, 4) is 0 Å². The van der Waals surface area contributed by atoms with Crippen molar-refractivity contribution in [2.75, 3.05) is 0 Å². The van der Waals surface area contributed by atoms with Gasteiger partial charge in [0.1, 0.15) is 0 Å². The molecule has 0 N–H and O–H groups in total. The lowest BCUT2D eigenvalue weighted by Crippen LogP contribution is -2.41. The molecule has 0 amide bonds. The third-order valence-electron chi connectivity index (χ3n) is 3.01. The van der Waals surface area contributed by atoms with Crippen LogP contribution in [0.2, 0.25) is 0 Å². The van der Waals surface area contributed by atoms with Crippen LogP contribution in [-0.4, -0.2) is 17.9 Å². The molecule has 14 heavy (non-hydrogen) atoms. The van der Waals surface area contributed by atoms with E-state index in [-0.39, 0.29) is 11.9 Å². The van der Waals surface area contributed by atoms with Crippen LogP contribution in [0, 0.1) is 5.92 Å². The molecule has 1 aliphatic carbocycles. The second-order valence-corrected chi connectivity index (χ2v) is 4.23. The van der Waals surface area contributed by atoms with Gasteiger partial charge in [0.05, 0.1) is 0 Å². The molecule has 80 valence electrons. The van der Waals surface area contributed by atoms with Gasteiger partial charge in [0.25, 0.3) is 0 Å². The second kappa shape index (κ2) is 4.58. The van der Waals surface area contributed by atoms with E-state index in [0.717, 1.165) is 32.0 Å². The van der Waals surface area contributed by atoms with Gasteiger partial charge in [0.2, 0.25) is 0 Å². The molecule has 0 saturated heterocycles. The normalized spacial score (nSPS) is 22.4. The summed E-state index contributed by atoms with van der Waals surface area (Å²) in [5.74, 6) is -0.164. The Morgan fingerprint density at radius 3 is 2.36 bits per heavy atom. The Morgan fingerprint density at radius 2 is 1.93 bits per heavy atom. The summed E-state index contributed by atoms with van der Waals surface area (Å²) in [6.07, 6.45) is 6.26. The van der Waals surface area contributed by atoms with Gasteiger partial charge in [0.15, 0.2) is 11.9 Å². The van der Waals surface area contributed by atoms with E-state index in [1.54, 1.807) is 6.92 Å². The summed E-state index contributed by atoms with van der Waals surface area (Å²) in [6, 6.07) is 0. The Bertz CT molecular complexity index is 219. The summed E-state index contributed by atoms with van der Waals surface area (Å²) in [6.45, 7) is 3.07. The molecule has 1 saturated carbocycles. The minimum Gasteiger partial charge on any atom is -0.452 e. The third kappa shape index (κ3) is 2.56. The highest BCUT2D eigenvalue weighted by molar-refractivity contribution is 5.72. The van der Waals surface area contributed by atoms with Crippen LogP contribution in [0.3, 0.4) is 0 Å². The molecule has 0 aliphatic heterocycles. The number of esters is 1. The van der Waals surface area contributed by atoms with E-state index in [4.69, 9.17) is 4.74 Å². The predicted molar refractivity (Wildman–Crippen MR) is 52.8 cm³/mol. The molecule has 1 rings (SSSR count). The van der Waals surface area contributed by atoms with Crippen LogP contribution in [0.1, 0.15) is 46.0 Å². The van der Waals surface area contributed by atoms with Crippen molar-refractivity contribution in [3.63, 3.8) is 0 Å². The summed E-state index contributed by atoms with van der Waals surface area (Å²) >= 11 is 0. The van der Waals surface area contributed by atoms with E-state index in [2.05, 4.69) is 0 Å². The quantitative estimate of drug-likeness (QED) is 0.515. The highest BCUT2D eigenvalue weighted by atomic mass is 16.6. The summed E-state index contributed by atoms with van der Waals surface area (Å²) in [5.41, 5.74) is -0.897. The number of hydrogen-bond acceptors (Lipinski definition) is 3. The minimum atomic E-state index is -0.897. The number of aldehydes is 1. The lowest BCUT2D eigenvalue weighted by atomic mass is 9.78. The molecule has 0 aromatic carbocycles. The van der Waals surface area contributed by atoms with Crippen LogP contribution >= 0.6 is 0 Å². The zero-order chi connectivity index (χ0) is 10.6. The van der Waals surface area contributed by atoms with E-state index in [9.17, 15) is 9.59 Å². The molecule has 0 aromatic rings. The van der Waals surface area contributed by atoms with Gasteiger partial charge in [0, 0.05) is 12.8 Å². The van der Waals surface area contributed by atoms with Crippen LogP contribution in [0.15, 0.2) is 0 Å². The molecule has 1 atom stereocenters. The molecular formula is C11H18O3. The van der Waals surface area contributed by atoms with Crippen molar-refractivity contribution < 1.29 is 14.3 Å². The van der Waals surface area contributed by atoms with Crippen LogP contribution in [0.25, 0.3) is 0 Å². The topological polar surface area (TPSA) is 43.4 Å². The average Bonchev–Trinajstić information content (AvgIpc) is 2.18. The van der Waals surface area contributed by atoms with Gasteiger partial charge in [-0.1, -0.05) is 19.3 Å². The van der Waals surface area contributed by atoms with Gasteiger partial charge in [-0.05, 0) is 19.8 Å². The maximum Gasteiger partial charge on any atom is 0.303 e. The molecule has 0 spiro atoms. The van der Waals surface area contributed by atoms with E-state index in [0.29, 0.717) is 0 Å². The van der Waals surface area contributed by atoms with Gasteiger partial charge in [-0.25, -0.2) is 0 Å². The molecule has 1 aliphatic rings. The monoisotopic (exact) mass is 198 g/mol. The Kier molecular flexibility index (Phi) is 3.67. The fourth-order valence-electron chi connectivity index (χ4n) is 2.19. The number of rotatable bonds is 3. The van der Waals surface area contributed by atoms with E-state index >= 15 is 0 Å². The largest absolute Gasteiger partial charge is 0.452 e. The van der Waals surface area contributed by atoms with Crippen molar-refractivity contribution in [2.45, 2.75) is 51.6 Å². The zero-order valence-electron chi connectivity index (χ0n) is 8.91. The van der Waals surface area contributed by atoms with Crippen molar-refractivity contribution in [1.29, 1.82) is 0 Å². The molecule has 1 fully saturated rings. The van der Waals surface area contributed by atoms with Crippen LogP contribution < -0.4 is 0 Å². The molecule has 0 bridgehead atoms. The summed E-state index contributed by atoms with van der Waals surface area (Å²) in [4.78, 5) is 21.9. The first kappa shape index (κ1) is 11.2. The molecule has 3 nitrogen and oxygen atoms in total. The van der Waals surface area contributed by atoms with Gasteiger partial charge in [-0.15, -0.1) is 0 Å². The minimum absolute atomic E-state index is 0.206. The third-order valence-corrected chi connectivity index (χ3v) is 3.01. The van der Waals surface area contributed by atoms with Gasteiger partial charge in [-0.2, -0.15) is 0 Å². The number of carbonyl (C=O) groups is 2. The lowest BCUT2D eigenvalue weighted by Gasteiger charge is -2.34. The Morgan fingerprint density at radius 1 is 1.36 bits per heavy atom. The first-order chi connectivity index (χ1) is 6.58. The lowest BCUT2D eigenvalue weighted by molar-refractivity contribution is -0.165. The smallest absolute Gasteiger partial charge is 0.303 e. The number of hydrogen-bond donors (Lipinski definition) is 0. The highest BCUT2D eigenvalue weighted by Gasteiger charge is 2.37. The molecular weight excluding hydrogens is 180 g/mol. The maximum atomic E-state index is 11.0. The average molecular weight is 198 g/mol. The van der Waals surface area contributed by atoms with E-state index < -0.39 is 5.60 Å². The Balaban J connectivity index is 2.65. The number of carbonyl (C=O) groups excluding carboxylic acids is 2. The van der Waals surface area contributed by atoms with E-state index in [1.807, 2.05) is 0 Å². The predicted octanol–water partition coefficient (Wildman–Crippen LogP) is 2.09. The summed E-state index contributed by atoms with van der Waals surface area (Å²) in [7, 11) is 0. The summed E-state index contributed by atoms with van der Waals surface area (Å²) in [5, 5.41) is 0. The zero-order valence-corrected chi connectivity index (χ0v) is 8.91.